The van der Waals surface area contributed by atoms with Gasteiger partial charge < -0.3 is 24.5 Å². The summed E-state index contributed by atoms with van der Waals surface area (Å²) in [5.74, 6) is 1.87. The largest absolute Gasteiger partial charge is 0.463 e. The van der Waals surface area contributed by atoms with Crippen molar-refractivity contribution in [3.05, 3.63) is 48.2 Å². The molecule has 3 aromatic rings. The van der Waals surface area contributed by atoms with Crippen LogP contribution >= 0.6 is 0 Å². The van der Waals surface area contributed by atoms with E-state index in [2.05, 4.69) is 21.0 Å². The van der Waals surface area contributed by atoms with E-state index in [0.717, 1.165) is 0 Å². The van der Waals surface area contributed by atoms with Crippen LogP contribution in [0.3, 0.4) is 0 Å². The third-order valence-corrected chi connectivity index (χ3v) is 5.51. The normalized spacial score (nSPS) is 19.8. The molecule has 32 heavy (non-hydrogen) atoms. The lowest BCUT2D eigenvalue weighted by molar-refractivity contribution is -0.126. The second-order valence-corrected chi connectivity index (χ2v) is 8.05. The van der Waals surface area contributed by atoms with Gasteiger partial charge in [0.15, 0.2) is 23.5 Å². The second-order valence-electron chi connectivity index (χ2n) is 8.05. The third kappa shape index (κ3) is 3.80. The number of anilines is 1. The summed E-state index contributed by atoms with van der Waals surface area (Å²) < 4.78 is 17.7. The topological polar surface area (TPSA) is 120 Å². The predicted molar refractivity (Wildman–Crippen MR) is 114 cm³/mol. The standard InChI is InChI=1S/C22H23N5O5/c1-12(2)14-10-20(28)25-22(23-14)27-19(9-15(26-27)16-4-3-7-30-16)24-21(29)13-5-6-17-18(8-13)32-11-31-17/h3-9,12,14,22-23H,10-11H2,1-2H3,(H,24,29)(H,25,28). The van der Waals surface area contributed by atoms with Gasteiger partial charge in [-0.25, -0.2) is 4.68 Å². The fourth-order valence-electron chi connectivity index (χ4n) is 3.73. The van der Waals surface area contributed by atoms with E-state index in [1.165, 1.54) is 0 Å². The van der Waals surface area contributed by atoms with E-state index >= 15 is 0 Å². The monoisotopic (exact) mass is 437 g/mol. The summed E-state index contributed by atoms with van der Waals surface area (Å²) in [5, 5.41) is 13.8. The fourth-order valence-corrected chi connectivity index (χ4v) is 3.73. The molecule has 10 heteroatoms. The summed E-state index contributed by atoms with van der Waals surface area (Å²) in [5.41, 5.74) is 0.931. The highest BCUT2D eigenvalue weighted by Gasteiger charge is 2.31. The molecule has 2 unspecified atom stereocenters. The molecule has 0 aliphatic carbocycles. The number of rotatable bonds is 5. The number of hydrogen-bond donors (Lipinski definition) is 3. The first-order chi connectivity index (χ1) is 15.5. The maximum absolute atomic E-state index is 13.0. The van der Waals surface area contributed by atoms with E-state index in [9.17, 15) is 9.59 Å². The van der Waals surface area contributed by atoms with E-state index < -0.39 is 6.29 Å². The zero-order valence-electron chi connectivity index (χ0n) is 17.6. The number of nitrogens with zero attached hydrogens (tertiary/aromatic N) is 2. The van der Waals surface area contributed by atoms with Crippen molar-refractivity contribution in [1.82, 2.24) is 20.4 Å². The van der Waals surface area contributed by atoms with Gasteiger partial charge in [-0.3, -0.25) is 14.9 Å². The van der Waals surface area contributed by atoms with Crippen molar-refractivity contribution in [3.8, 4) is 23.0 Å². The summed E-state index contributed by atoms with van der Waals surface area (Å²) in [6, 6.07) is 10.2. The molecule has 0 radical (unpaired) electrons. The average Bonchev–Trinajstić information content (AvgIpc) is 3.52. The van der Waals surface area contributed by atoms with E-state index in [1.54, 1.807) is 47.3 Å². The smallest absolute Gasteiger partial charge is 0.256 e. The number of ether oxygens (including phenoxy) is 2. The molecule has 0 spiro atoms. The van der Waals surface area contributed by atoms with Gasteiger partial charge in [-0.05, 0) is 36.2 Å². The molecule has 166 valence electrons. The van der Waals surface area contributed by atoms with Crippen LogP contribution in [0.5, 0.6) is 11.5 Å². The van der Waals surface area contributed by atoms with Crippen LogP contribution < -0.4 is 25.4 Å². The summed E-state index contributed by atoms with van der Waals surface area (Å²) >= 11 is 0. The molecule has 10 nitrogen and oxygen atoms in total. The van der Waals surface area contributed by atoms with Crippen LogP contribution in [0.25, 0.3) is 11.5 Å². The molecular formula is C22H23N5O5. The summed E-state index contributed by atoms with van der Waals surface area (Å²) in [4.78, 5) is 25.3. The number of hydrogen-bond acceptors (Lipinski definition) is 7. The van der Waals surface area contributed by atoms with Crippen LogP contribution in [0.2, 0.25) is 0 Å². The van der Waals surface area contributed by atoms with E-state index in [-0.39, 0.29) is 30.6 Å². The average molecular weight is 437 g/mol. The highest BCUT2D eigenvalue weighted by Crippen LogP contribution is 2.33. The molecule has 1 fully saturated rings. The van der Waals surface area contributed by atoms with Gasteiger partial charge in [0.1, 0.15) is 11.5 Å². The minimum absolute atomic E-state index is 0.0255. The maximum Gasteiger partial charge on any atom is 0.256 e. The summed E-state index contributed by atoms with van der Waals surface area (Å²) in [6.07, 6.45) is 1.30. The molecule has 4 heterocycles. The molecule has 0 saturated carbocycles. The van der Waals surface area contributed by atoms with Gasteiger partial charge in [-0.15, -0.1) is 0 Å². The lowest BCUT2D eigenvalue weighted by Gasteiger charge is -2.34. The third-order valence-electron chi connectivity index (χ3n) is 5.51. The Kier molecular flexibility index (Phi) is 5.06. The van der Waals surface area contributed by atoms with Crippen molar-refractivity contribution in [2.24, 2.45) is 5.92 Å². The Morgan fingerprint density at radius 2 is 2.06 bits per heavy atom. The molecule has 0 bridgehead atoms. The highest BCUT2D eigenvalue weighted by molar-refractivity contribution is 6.04. The van der Waals surface area contributed by atoms with Crippen molar-refractivity contribution in [2.75, 3.05) is 12.1 Å². The van der Waals surface area contributed by atoms with E-state index in [0.29, 0.717) is 40.8 Å². The molecular weight excluding hydrogens is 414 g/mol. The first-order valence-electron chi connectivity index (χ1n) is 10.4. The van der Waals surface area contributed by atoms with E-state index in [4.69, 9.17) is 13.9 Å². The van der Waals surface area contributed by atoms with Gasteiger partial charge in [0.05, 0.1) is 6.26 Å². The summed E-state index contributed by atoms with van der Waals surface area (Å²) in [7, 11) is 0. The molecule has 2 aliphatic rings. The molecule has 2 atom stereocenters. The van der Waals surface area contributed by atoms with Crippen LogP contribution in [0.4, 0.5) is 5.82 Å². The van der Waals surface area contributed by atoms with Gasteiger partial charge in [-0.1, -0.05) is 13.8 Å². The quantitative estimate of drug-likeness (QED) is 0.561. The Morgan fingerprint density at radius 3 is 2.84 bits per heavy atom. The Bertz CT molecular complexity index is 1150. The van der Waals surface area contributed by atoms with Gasteiger partial charge in [0.25, 0.3) is 5.91 Å². The van der Waals surface area contributed by atoms with E-state index in [1.807, 2.05) is 13.8 Å². The molecule has 1 saturated heterocycles. The first kappa shape index (κ1) is 20.1. The number of carbonyl (C=O) groups is 2. The van der Waals surface area contributed by atoms with Crippen molar-refractivity contribution in [1.29, 1.82) is 0 Å². The minimum Gasteiger partial charge on any atom is -0.463 e. The Balaban J connectivity index is 1.47. The fraction of sp³-hybridized carbons (Fsp3) is 0.318. The number of amides is 2. The van der Waals surface area contributed by atoms with Crippen molar-refractivity contribution in [2.45, 2.75) is 32.6 Å². The summed E-state index contributed by atoms with van der Waals surface area (Å²) in [6.45, 7) is 4.23. The molecule has 5 rings (SSSR count). The number of benzene rings is 1. The number of furan rings is 1. The van der Waals surface area contributed by atoms with Gasteiger partial charge in [-0.2, -0.15) is 5.10 Å². The zero-order chi connectivity index (χ0) is 22.2. The Morgan fingerprint density at radius 1 is 1.22 bits per heavy atom. The lowest BCUT2D eigenvalue weighted by Crippen LogP contribution is -2.55. The number of fused-ring (bicyclic) bond motifs is 1. The zero-order valence-corrected chi connectivity index (χ0v) is 17.6. The van der Waals surface area contributed by atoms with Crippen LogP contribution in [-0.4, -0.2) is 34.4 Å². The molecule has 3 N–H and O–H groups in total. The molecule has 1 aromatic carbocycles. The van der Waals surface area contributed by atoms with Crippen molar-refractivity contribution in [3.63, 3.8) is 0 Å². The highest BCUT2D eigenvalue weighted by atomic mass is 16.7. The van der Waals surface area contributed by atoms with Crippen LogP contribution in [0.15, 0.2) is 47.1 Å². The number of carbonyl (C=O) groups excluding carboxylic acids is 2. The van der Waals surface area contributed by atoms with Gasteiger partial charge in [0, 0.05) is 24.1 Å². The van der Waals surface area contributed by atoms with Crippen molar-refractivity contribution >= 4 is 17.6 Å². The maximum atomic E-state index is 13.0. The van der Waals surface area contributed by atoms with Crippen LogP contribution in [0.1, 0.15) is 36.9 Å². The molecule has 2 aliphatic heterocycles. The van der Waals surface area contributed by atoms with Crippen LogP contribution in [0, 0.1) is 5.92 Å². The molecule has 2 amide bonds. The van der Waals surface area contributed by atoms with Crippen LogP contribution in [-0.2, 0) is 4.79 Å². The number of nitrogens with one attached hydrogen (secondary N) is 3. The lowest BCUT2D eigenvalue weighted by atomic mass is 9.99. The molecule has 2 aromatic heterocycles. The first-order valence-corrected chi connectivity index (χ1v) is 10.4. The SMILES string of the molecule is CC(C)C1CC(=O)NC(n2nc(-c3ccco3)cc2NC(=O)c2ccc3c(c2)OCO3)N1. The van der Waals surface area contributed by atoms with Gasteiger partial charge in [0.2, 0.25) is 12.7 Å². The van der Waals surface area contributed by atoms with Gasteiger partial charge >= 0.3 is 0 Å². The predicted octanol–water partition coefficient (Wildman–Crippen LogP) is 2.71. The second kappa shape index (κ2) is 8.04. The Hall–Kier alpha value is -3.79. The Labute approximate surface area is 183 Å². The van der Waals surface area contributed by atoms with Crippen molar-refractivity contribution < 1.29 is 23.5 Å². The minimum atomic E-state index is -0.626. The number of aromatic nitrogens is 2.